The minimum absolute atomic E-state index is 0.0908. The van der Waals surface area contributed by atoms with Crippen molar-refractivity contribution < 1.29 is 22.8 Å². The lowest BCUT2D eigenvalue weighted by Crippen LogP contribution is -2.23. The van der Waals surface area contributed by atoms with Crippen LogP contribution in [0.1, 0.15) is 81.9 Å². The van der Waals surface area contributed by atoms with Crippen LogP contribution in [0.2, 0.25) is 0 Å². The summed E-state index contributed by atoms with van der Waals surface area (Å²) in [4.78, 5) is 39.3. The van der Waals surface area contributed by atoms with Gasteiger partial charge in [0.05, 0.1) is 10.1 Å². The Morgan fingerprint density at radius 2 is 1.60 bits per heavy atom. The average Bonchev–Trinajstić information content (AvgIpc) is 3.75. The first-order valence-corrected chi connectivity index (χ1v) is 16.1. The van der Waals surface area contributed by atoms with Crippen LogP contribution in [0.25, 0.3) is 0 Å². The van der Waals surface area contributed by atoms with E-state index in [1.165, 1.54) is 0 Å². The van der Waals surface area contributed by atoms with Crippen molar-refractivity contribution in [3.63, 3.8) is 0 Å². The number of benzene rings is 3. The number of nitrogens with one attached hydrogen (secondary N) is 3. The summed E-state index contributed by atoms with van der Waals surface area (Å²) in [7, 11) is -3.51. The van der Waals surface area contributed by atoms with E-state index in [4.69, 9.17) is 0 Å². The SMILES string of the molecule is Cc1cc2cc(C)c1CCCC(=O)Nc1ccc(S(=O)(=O)C3CC3)c(c1)CCC(=O)[C@@H]2Nc1ccc2c(c1)C(=O)NC2. The van der Waals surface area contributed by atoms with Gasteiger partial charge in [0.25, 0.3) is 5.91 Å². The van der Waals surface area contributed by atoms with Crippen LogP contribution in [0.15, 0.2) is 53.4 Å². The lowest BCUT2D eigenvalue weighted by molar-refractivity contribution is -0.120. The summed E-state index contributed by atoms with van der Waals surface area (Å²) < 4.78 is 26.6. The third kappa shape index (κ3) is 5.57. The van der Waals surface area contributed by atoms with E-state index in [1.807, 2.05) is 38.1 Å². The average molecular weight is 586 g/mol. The number of rotatable bonds is 4. The third-order valence-corrected chi connectivity index (χ3v) is 10.9. The summed E-state index contributed by atoms with van der Waals surface area (Å²) in [5.74, 6) is -0.352. The first-order valence-electron chi connectivity index (χ1n) is 14.6. The zero-order valence-corrected chi connectivity index (χ0v) is 24.7. The smallest absolute Gasteiger partial charge is 0.251 e. The second kappa shape index (κ2) is 11.0. The van der Waals surface area contributed by atoms with Gasteiger partial charge in [-0.15, -0.1) is 0 Å². The summed E-state index contributed by atoms with van der Waals surface area (Å²) in [5.41, 5.74) is 7.33. The highest BCUT2D eigenvalue weighted by molar-refractivity contribution is 7.92. The molecular formula is C33H35N3O5S. The van der Waals surface area contributed by atoms with Crippen molar-refractivity contribution in [1.82, 2.24) is 5.32 Å². The van der Waals surface area contributed by atoms with Crippen LogP contribution in [0, 0.1) is 13.8 Å². The molecule has 0 aromatic heterocycles. The minimum Gasteiger partial charge on any atom is -0.372 e. The number of amides is 2. The maximum Gasteiger partial charge on any atom is 0.251 e. The lowest BCUT2D eigenvalue weighted by Gasteiger charge is -2.23. The second-order valence-corrected chi connectivity index (χ2v) is 13.9. The van der Waals surface area contributed by atoms with Gasteiger partial charge in [0.1, 0.15) is 6.04 Å². The molecule has 1 saturated carbocycles. The van der Waals surface area contributed by atoms with Gasteiger partial charge >= 0.3 is 0 Å². The van der Waals surface area contributed by atoms with Gasteiger partial charge in [0.15, 0.2) is 15.6 Å². The van der Waals surface area contributed by atoms with Crippen molar-refractivity contribution in [2.75, 3.05) is 10.6 Å². The molecule has 3 aromatic rings. The summed E-state index contributed by atoms with van der Waals surface area (Å²) >= 11 is 0. The van der Waals surface area contributed by atoms with Crippen LogP contribution >= 0.6 is 0 Å². The van der Waals surface area contributed by atoms with Crippen molar-refractivity contribution >= 4 is 38.8 Å². The first-order chi connectivity index (χ1) is 20.1. The van der Waals surface area contributed by atoms with E-state index in [9.17, 15) is 22.8 Å². The Morgan fingerprint density at radius 1 is 0.833 bits per heavy atom. The Bertz CT molecular complexity index is 1700. The molecular weight excluding hydrogens is 550 g/mol. The molecule has 1 fully saturated rings. The zero-order valence-electron chi connectivity index (χ0n) is 23.9. The van der Waals surface area contributed by atoms with E-state index in [-0.39, 0.29) is 40.6 Å². The minimum atomic E-state index is -3.51. The molecule has 0 spiro atoms. The predicted molar refractivity (Wildman–Crippen MR) is 161 cm³/mol. The van der Waals surface area contributed by atoms with Gasteiger partial charge in [-0.3, -0.25) is 14.4 Å². The number of Topliss-reactive ketones (excluding diaryl/α,β-unsaturated/α-hetero) is 1. The van der Waals surface area contributed by atoms with E-state index >= 15 is 0 Å². The van der Waals surface area contributed by atoms with Crippen molar-refractivity contribution in [3.05, 3.63) is 87.5 Å². The van der Waals surface area contributed by atoms with Gasteiger partial charge in [-0.1, -0.05) is 18.2 Å². The van der Waals surface area contributed by atoms with Crippen molar-refractivity contribution in [2.24, 2.45) is 0 Å². The summed E-state index contributed by atoms with van der Waals surface area (Å²) in [5, 5.41) is 8.76. The number of ketones is 1. The van der Waals surface area contributed by atoms with Gasteiger partial charge in [-0.25, -0.2) is 8.42 Å². The second-order valence-electron chi connectivity index (χ2n) is 11.7. The van der Waals surface area contributed by atoms with Gasteiger partial charge in [0.2, 0.25) is 5.91 Å². The maximum absolute atomic E-state index is 14.0. The van der Waals surface area contributed by atoms with Gasteiger partial charge < -0.3 is 16.0 Å². The number of hydrogen-bond acceptors (Lipinski definition) is 6. The van der Waals surface area contributed by atoms with Crippen molar-refractivity contribution in [1.29, 1.82) is 0 Å². The van der Waals surface area contributed by atoms with Crippen LogP contribution in [0.5, 0.6) is 0 Å². The summed E-state index contributed by atoms with van der Waals surface area (Å²) in [6.07, 6.45) is 3.30. The monoisotopic (exact) mass is 585 g/mol. The summed E-state index contributed by atoms with van der Waals surface area (Å²) in [6.45, 7) is 4.54. The number of fused-ring (bicyclic) bond motifs is 10. The van der Waals surface area contributed by atoms with E-state index in [2.05, 4.69) is 16.0 Å². The molecule has 218 valence electrons. The lowest BCUT2D eigenvalue weighted by atomic mass is 9.90. The third-order valence-electron chi connectivity index (χ3n) is 8.56. The Kier molecular flexibility index (Phi) is 7.39. The number of anilines is 2. The fourth-order valence-electron chi connectivity index (χ4n) is 6.15. The van der Waals surface area contributed by atoms with E-state index in [0.29, 0.717) is 54.7 Å². The number of carbonyl (C=O) groups is 3. The van der Waals surface area contributed by atoms with Gasteiger partial charge in [-0.05, 0) is 110 Å². The molecule has 3 heterocycles. The van der Waals surface area contributed by atoms with Crippen molar-refractivity contribution in [2.45, 2.75) is 81.5 Å². The Morgan fingerprint density at radius 3 is 2.33 bits per heavy atom. The molecule has 3 aromatic carbocycles. The fourth-order valence-corrected chi connectivity index (χ4v) is 8.05. The molecule has 4 aliphatic rings. The van der Waals surface area contributed by atoms with E-state index < -0.39 is 15.9 Å². The Hall–Kier alpha value is -3.98. The van der Waals surface area contributed by atoms with Crippen LogP contribution in [-0.2, 0) is 38.8 Å². The molecule has 3 aliphatic heterocycles. The topological polar surface area (TPSA) is 121 Å². The number of aryl methyl sites for hydroxylation is 3. The van der Waals surface area contributed by atoms with Crippen LogP contribution in [0.4, 0.5) is 11.4 Å². The van der Waals surface area contributed by atoms with Crippen LogP contribution in [0.3, 0.4) is 0 Å². The number of carbonyl (C=O) groups excluding carboxylic acids is 3. The Labute approximate surface area is 246 Å². The Balaban J connectivity index is 1.39. The highest BCUT2D eigenvalue weighted by atomic mass is 32.2. The standard InChI is InChI=1S/C33H35N3O5S/c1-19-14-23-15-20(2)27(19)4-3-5-31(38)35-24-9-13-30(42(40,41)26-10-11-26)21(16-24)7-12-29(37)32(23)36-25-8-6-22-18-34-33(39)28(22)17-25/h6,8-9,13-17,26,32,36H,3-5,7,10-12,18H2,1-2H3,(H,34,39)(H,35,38)/t32-/m1/s1. The van der Waals surface area contributed by atoms with Gasteiger partial charge in [-0.2, -0.15) is 0 Å². The zero-order chi connectivity index (χ0) is 29.6. The number of sulfone groups is 1. The van der Waals surface area contributed by atoms with Gasteiger partial charge in [0, 0.05) is 36.3 Å². The van der Waals surface area contributed by atoms with Crippen molar-refractivity contribution in [3.8, 4) is 0 Å². The highest BCUT2D eigenvalue weighted by Gasteiger charge is 2.38. The molecule has 8 nitrogen and oxygen atoms in total. The molecule has 1 aliphatic carbocycles. The molecule has 1 atom stereocenters. The molecule has 9 heteroatoms. The quantitative estimate of drug-likeness (QED) is 0.391. The highest BCUT2D eigenvalue weighted by Crippen LogP contribution is 2.37. The normalized spacial score (nSPS) is 19.3. The molecule has 0 saturated heterocycles. The molecule has 42 heavy (non-hydrogen) atoms. The predicted octanol–water partition coefficient (Wildman–Crippen LogP) is 5.11. The van der Waals surface area contributed by atoms with E-state index in [1.54, 1.807) is 24.3 Å². The summed E-state index contributed by atoms with van der Waals surface area (Å²) in [6, 6.07) is 13.8. The first kappa shape index (κ1) is 28.2. The van der Waals surface area contributed by atoms with Crippen LogP contribution < -0.4 is 16.0 Å². The fraction of sp³-hybridized carbons (Fsp3) is 0.364. The molecule has 3 N–H and O–H groups in total. The molecule has 0 unspecified atom stereocenters. The molecule has 7 rings (SSSR count). The number of hydrogen-bond donors (Lipinski definition) is 3. The maximum atomic E-state index is 14.0. The molecule has 0 radical (unpaired) electrons. The molecule has 2 amide bonds. The van der Waals surface area contributed by atoms with E-state index in [0.717, 1.165) is 34.2 Å². The largest absolute Gasteiger partial charge is 0.372 e. The molecule has 4 bridgehead atoms. The van der Waals surface area contributed by atoms with Crippen LogP contribution in [-0.4, -0.2) is 31.3 Å².